The number of hydrogen-bond donors (Lipinski definition) is 3. The summed E-state index contributed by atoms with van der Waals surface area (Å²) in [4.78, 5) is 23.9. The van der Waals surface area contributed by atoms with Crippen LogP contribution in [0, 0.1) is 6.92 Å². The first kappa shape index (κ1) is 20.3. The van der Waals surface area contributed by atoms with Gasteiger partial charge in [-0.3, -0.25) is 10.1 Å². The van der Waals surface area contributed by atoms with Crippen LogP contribution in [-0.2, 0) is 16.1 Å². The zero-order chi connectivity index (χ0) is 19.9. The van der Waals surface area contributed by atoms with Crippen molar-refractivity contribution in [1.29, 1.82) is 0 Å². The summed E-state index contributed by atoms with van der Waals surface area (Å²) in [5.74, 6) is -0.109. The van der Waals surface area contributed by atoms with Crippen molar-refractivity contribution in [3.63, 3.8) is 0 Å². The summed E-state index contributed by atoms with van der Waals surface area (Å²) in [6, 6.07) is 15.1. The molecular weight excluding hydrogens is 342 g/mol. The Morgan fingerprint density at radius 1 is 1.00 bits per heavy atom. The minimum Gasteiger partial charge on any atom is -0.444 e. The molecule has 0 radical (unpaired) electrons. The van der Waals surface area contributed by atoms with Crippen molar-refractivity contribution in [2.75, 3.05) is 17.2 Å². The van der Waals surface area contributed by atoms with Crippen LogP contribution in [0.4, 0.5) is 16.2 Å². The van der Waals surface area contributed by atoms with Crippen LogP contribution in [0.2, 0.25) is 0 Å². The van der Waals surface area contributed by atoms with Gasteiger partial charge in [-0.1, -0.05) is 35.9 Å². The standard InChI is InChI=1S/C21H27N3O3/c1-15-7-5-8-16(11-15)13-23-19(25)14-22-17-9-6-10-18(12-17)24-20(26)27-21(2,3)4/h5-12,22H,13-14H2,1-4H3,(H,23,25)(H,24,26). The molecule has 2 aromatic carbocycles. The van der Waals surface area contributed by atoms with E-state index in [1.807, 2.05) is 37.3 Å². The van der Waals surface area contributed by atoms with Crippen LogP contribution >= 0.6 is 0 Å². The maximum Gasteiger partial charge on any atom is 0.412 e. The Morgan fingerprint density at radius 3 is 2.41 bits per heavy atom. The lowest BCUT2D eigenvalue weighted by atomic mass is 10.1. The van der Waals surface area contributed by atoms with Crippen molar-refractivity contribution in [2.24, 2.45) is 0 Å². The predicted octanol–water partition coefficient (Wildman–Crippen LogP) is 4.07. The van der Waals surface area contributed by atoms with E-state index in [1.54, 1.807) is 39.0 Å². The quantitative estimate of drug-likeness (QED) is 0.717. The number of carbonyl (C=O) groups excluding carboxylic acids is 2. The van der Waals surface area contributed by atoms with Gasteiger partial charge in [0.2, 0.25) is 5.91 Å². The van der Waals surface area contributed by atoms with Gasteiger partial charge in [0.1, 0.15) is 5.60 Å². The lowest BCUT2D eigenvalue weighted by molar-refractivity contribution is -0.119. The van der Waals surface area contributed by atoms with Gasteiger partial charge in [0.25, 0.3) is 0 Å². The van der Waals surface area contributed by atoms with E-state index in [0.717, 1.165) is 16.8 Å². The Hall–Kier alpha value is -3.02. The first-order valence-corrected chi connectivity index (χ1v) is 8.87. The molecule has 0 saturated heterocycles. The second kappa shape index (κ2) is 9.07. The normalized spacial score (nSPS) is 10.8. The minimum atomic E-state index is -0.560. The van der Waals surface area contributed by atoms with Gasteiger partial charge in [-0.05, 0) is 51.5 Å². The predicted molar refractivity (Wildman–Crippen MR) is 108 cm³/mol. The third-order valence-electron chi connectivity index (χ3n) is 3.53. The van der Waals surface area contributed by atoms with Crippen LogP contribution < -0.4 is 16.0 Å². The fraction of sp³-hybridized carbons (Fsp3) is 0.333. The highest BCUT2D eigenvalue weighted by Crippen LogP contribution is 2.16. The number of nitrogens with one attached hydrogen (secondary N) is 3. The van der Waals surface area contributed by atoms with E-state index in [1.165, 1.54) is 0 Å². The van der Waals surface area contributed by atoms with Crippen molar-refractivity contribution in [3.05, 3.63) is 59.7 Å². The van der Waals surface area contributed by atoms with Crippen molar-refractivity contribution < 1.29 is 14.3 Å². The van der Waals surface area contributed by atoms with E-state index in [-0.39, 0.29) is 12.5 Å². The highest BCUT2D eigenvalue weighted by molar-refractivity contribution is 5.86. The molecule has 0 heterocycles. The maximum absolute atomic E-state index is 12.0. The van der Waals surface area contributed by atoms with Gasteiger partial charge in [0, 0.05) is 17.9 Å². The van der Waals surface area contributed by atoms with Crippen LogP contribution in [0.3, 0.4) is 0 Å². The zero-order valence-corrected chi connectivity index (χ0v) is 16.3. The van der Waals surface area contributed by atoms with E-state index < -0.39 is 11.7 Å². The molecule has 2 amide bonds. The highest BCUT2D eigenvalue weighted by atomic mass is 16.6. The average molecular weight is 369 g/mol. The molecule has 0 aliphatic rings. The summed E-state index contributed by atoms with van der Waals surface area (Å²) >= 11 is 0. The van der Waals surface area contributed by atoms with Crippen LogP contribution in [-0.4, -0.2) is 24.1 Å². The van der Waals surface area contributed by atoms with Gasteiger partial charge < -0.3 is 15.4 Å². The summed E-state index contributed by atoms with van der Waals surface area (Å²) in [5.41, 5.74) is 2.99. The summed E-state index contributed by atoms with van der Waals surface area (Å²) in [6.45, 7) is 8.06. The average Bonchev–Trinajstić information content (AvgIpc) is 2.57. The Labute approximate surface area is 160 Å². The molecule has 0 atom stereocenters. The van der Waals surface area contributed by atoms with Gasteiger partial charge in [-0.25, -0.2) is 4.79 Å². The van der Waals surface area contributed by atoms with E-state index in [0.29, 0.717) is 12.2 Å². The molecule has 2 rings (SSSR count). The Kier molecular flexibility index (Phi) is 6.82. The second-order valence-electron chi connectivity index (χ2n) is 7.33. The van der Waals surface area contributed by atoms with Gasteiger partial charge in [0.15, 0.2) is 0 Å². The topological polar surface area (TPSA) is 79.5 Å². The zero-order valence-electron chi connectivity index (χ0n) is 16.3. The maximum atomic E-state index is 12.0. The SMILES string of the molecule is Cc1cccc(CNC(=O)CNc2cccc(NC(=O)OC(C)(C)C)c2)c1. The van der Waals surface area contributed by atoms with E-state index in [9.17, 15) is 9.59 Å². The minimum absolute atomic E-state index is 0.109. The van der Waals surface area contributed by atoms with Gasteiger partial charge >= 0.3 is 6.09 Å². The largest absolute Gasteiger partial charge is 0.444 e. The van der Waals surface area contributed by atoms with Crippen LogP contribution in [0.15, 0.2) is 48.5 Å². The van der Waals surface area contributed by atoms with Gasteiger partial charge in [-0.15, -0.1) is 0 Å². The van der Waals surface area contributed by atoms with Crippen LogP contribution in [0.1, 0.15) is 31.9 Å². The van der Waals surface area contributed by atoms with Gasteiger partial charge in [0.05, 0.1) is 6.54 Å². The number of anilines is 2. The monoisotopic (exact) mass is 369 g/mol. The third kappa shape index (κ3) is 7.81. The van der Waals surface area contributed by atoms with Crippen molar-refractivity contribution >= 4 is 23.4 Å². The highest BCUT2D eigenvalue weighted by Gasteiger charge is 2.16. The molecule has 0 fully saturated rings. The molecule has 27 heavy (non-hydrogen) atoms. The molecule has 0 aliphatic heterocycles. The molecule has 6 nitrogen and oxygen atoms in total. The first-order chi connectivity index (χ1) is 12.7. The van der Waals surface area contributed by atoms with Crippen molar-refractivity contribution in [3.8, 4) is 0 Å². The molecule has 3 N–H and O–H groups in total. The number of rotatable bonds is 6. The Bertz CT molecular complexity index is 797. The summed E-state index contributed by atoms with van der Waals surface area (Å²) < 4.78 is 5.23. The Morgan fingerprint density at radius 2 is 1.70 bits per heavy atom. The number of hydrogen-bond acceptors (Lipinski definition) is 4. The summed E-state index contributed by atoms with van der Waals surface area (Å²) in [7, 11) is 0. The number of benzene rings is 2. The van der Waals surface area contributed by atoms with Crippen molar-refractivity contribution in [1.82, 2.24) is 5.32 Å². The lowest BCUT2D eigenvalue weighted by Crippen LogP contribution is -2.29. The molecule has 0 unspecified atom stereocenters. The molecular formula is C21H27N3O3. The summed E-state index contributed by atoms with van der Waals surface area (Å²) in [6.07, 6.45) is -0.518. The lowest BCUT2D eigenvalue weighted by Gasteiger charge is -2.19. The molecule has 2 aromatic rings. The number of aryl methyl sites for hydroxylation is 1. The van der Waals surface area contributed by atoms with E-state index in [2.05, 4.69) is 16.0 Å². The smallest absolute Gasteiger partial charge is 0.412 e. The molecule has 0 bridgehead atoms. The van der Waals surface area contributed by atoms with E-state index >= 15 is 0 Å². The molecule has 0 aromatic heterocycles. The van der Waals surface area contributed by atoms with Gasteiger partial charge in [-0.2, -0.15) is 0 Å². The molecule has 6 heteroatoms. The second-order valence-corrected chi connectivity index (χ2v) is 7.33. The molecule has 0 saturated carbocycles. The third-order valence-corrected chi connectivity index (χ3v) is 3.53. The molecule has 0 spiro atoms. The number of amides is 2. The Balaban J connectivity index is 1.81. The molecule has 144 valence electrons. The van der Waals surface area contributed by atoms with E-state index in [4.69, 9.17) is 4.74 Å². The molecule has 0 aliphatic carbocycles. The fourth-order valence-corrected chi connectivity index (χ4v) is 2.40. The summed E-state index contributed by atoms with van der Waals surface area (Å²) in [5, 5.41) is 8.60. The number of carbonyl (C=O) groups is 2. The number of ether oxygens (including phenoxy) is 1. The first-order valence-electron chi connectivity index (χ1n) is 8.87. The van der Waals surface area contributed by atoms with Crippen LogP contribution in [0.5, 0.6) is 0 Å². The fourth-order valence-electron chi connectivity index (χ4n) is 2.40. The van der Waals surface area contributed by atoms with Crippen molar-refractivity contribution in [2.45, 2.75) is 39.8 Å². The van der Waals surface area contributed by atoms with Crippen LogP contribution in [0.25, 0.3) is 0 Å².